The van der Waals surface area contributed by atoms with Gasteiger partial charge in [-0.25, -0.2) is 4.39 Å². The molecule has 6 nitrogen and oxygen atoms in total. The number of nitrogens with zero attached hydrogens (tertiary/aromatic N) is 2. The minimum absolute atomic E-state index is 0.278. The van der Waals surface area contributed by atoms with Crippen LogP contribution in [0.25, 0.3) is 6.08 Å². The van der Waals surface area contributed by atoms with E-state index in [0.717, 1.165) is 22.4 Å². The number of methoxy groups -OCH3 is 1. The molecule has 0 radical (unpaired) electrons. The molecule has 178 valence electrons. The molecule has 0 saturated carbocycles. The van der Waals surface area contributed by atoms with Gasteiger partial charge in [-0.15, -0.1) is 0 Å². The fourth-order valence-corrected chi connectivity index (χ4v) is 3.46. The first-order valence-corrected chi connectivity index (χ1v) is 11.1. The van der Waals surface area contributed by atoms with Crippen molar-refractivity contribution >= 4 is 17.7 Å². The van der Waals surface area contributed by atoms with Crippen LogP contribution in [0.1, 0.15) is 22.3 Å². The number of aromatic nitrogens is 2. The van der Waals surface area contributed by atoms with Gasteiger partial charge in [0.1, 0.15) is 23.9 Å². The molecule has 0 bridgehead atoms. The molecule has 0 atom stereocenters. The highest BCUT2D eigenvalue weighted by molar-refractivity contribution is 6.01. The van der Waals surface area contributed by atoms with Crippen molar-refractivity contribution in [1.82, 2.24) is 9.78 Å². The molecular weight excluding hydrogens is 445 g/mol. The van der Waals surface area contributed by atoms with Gasteiger partial charge in [0, 0.05) is 17.8 Å². The number of hydrogen-bond acceptors (Lipinski definition) is 4. The Morgan fingerprint density at radius 2 is 1.86 bits per heavy atom. The van der Waals surface area contributed by atoms with Crippen LogP contribution in [-0.4, -0.2) is 22.8 Å². The second kappa shape index (κ2) is 11.2. The van der Waals surface area contributed by atoms with Crippen LogP contribution in [-0.2, 0) is 17.9 Å². The summed E-state index contributed by atoms with van der Waals surface area (Å²) in [5.41, 5.74) is 4.37. The van der Waals surface area contributed by atoms with Crippen molar-refractivity contribution in [3.63, 3.8) is 0 Å². The third-order valence-electron chi connectivity index (χ3n) is 5.31. The van der Waals surface area contributed by atoms with E-state index in [-0.39, 0.29) is 11.7 Å². The van der Waals surface area contributed by atoms with Crippen LogP contribution >= 0.6 is 0 Å². The van der Waals surface area contributed by atoms with E-state index in [2.05, 4.69) is 10.4 Å². The Labute approximate surface area is 203 Å². The topological polar surface area (TPSA) is 65.4 Å². The quantitative estimate of drug-likeness (QED) is 0.322. The molecule has 7 heteroatoms. The van der Waals surface area contributed by atoms with Crippen LogP contribution in [0.5, 0.6) is 11.5 Å². The van der Waals surface area contributed by atoms with E-state index in [9.17, 15) is 9.18 Å². The number of rotatable bonds is 9. The van der Waals surface area contributed by atoms with E-state index in [1.54, 1.807) is 42.4 Å². The third kappa shape index (κ3) is 6.80. The number of hydrogen-bond donors (Lipinski definition) is 1. The maximum Gasteiger partial charge on any atom is 0.248 e. The monoisotopic (exact) mass is 471 g/mol. The molecule has 1 aromatic heterocycles. The predicted octanol–water partition coefficient (Wildman–Crippen LogP) is 5.62. The number of anilines is 1. The van der Waals surface area contributed by atoms with Crippen molar-refractivity contribution in [2.24, 2.45) is 0 Å². The summed E-state index contributed by atoms with van der Waals surface area (Å²) >= 11 is 0. The van der Waals surface area contributed by atoms with Gasteiger partial charge in [-0.1, -0.05) is 35.9 Å². The van der Waals surface area contributed by atoms with Crippen LogP contribution in [0, 0.1) is 12.7 Å². The van der Waals surface area contributed by atoms with Crippen LogP contribution in [0.15, 0.2) is 85.2 Å². The number of halogens is 1. The van der Waals surface area contributed by atoms with Crippen molar-refractivity contribution < 1.29 is 18.7 Å². The van der Waals surface area contributed by atoms with Gasteiger partial charge in [0.2, 0.25) is 5.91 Å². The fraction of sp³-hybridized carbons (Fsp3) is 0.143. The average Bonchev–Trinajstić information content (AvgIpc) is 3.30. The average molecular weight is 472 g/mol. The zero-order chi connectivity index (χ0) is 24.6. The van der Waals surface area contributed by atoms with E-state index in [1.165, 1.54) is 23.8 Å². The molecule has 0 spiro atoms. The maximum atomic E-state index is 13.1. The minimum Gasteiger partial charge on any atom is -0.496 e. The van der Waals surface area contributed by atoms with E-state index < -0.39 is 0 Å². The molecule has 0 aliphatic heterocycles. The first-order chi connectivity index (χ1) is 17.0. The molecule has 4 aromatic rings. The van der Waals surface area contributed by atoms with E-state index in [0.29, 0.717) is 24.6 Å². The molecule has 1 amide bonds. The highest BCUT2D eigenvalue weighted by atomic mass is 19.1. The summed E-state index contributed by atoms with van der Waals surface area (Å²) in [5.74, 6) is 0.932. The van der Waals surface area contributed by atoms with Gasteiger partial charge >= 0.3 is 0 Å². The number of ether oxygens (including phenoxy) is 2. The van der Waals surface area contributed by atoms with Crippen molar-refractivity contribution in [2.75, 3.05) is 12.4 Å². The van der Waals surface area contributed by atoms with Gasteiger partial charge in [0.15, 0.2) is 0 Å². The summed E-state index contributed by atoms with van der Waals surface area (Å²) in [6, 6.07) is 19.7. The lowest BCUT2D eigenvalue weighted by atomic mass is 10.1. The lowest BCUT2D eigenvalue weighted by Gasteiger charge is -2.11. The van der Waals surface area contributed by atoms with Gasteiger partial charge in [0.05, 0.1) is 25.5 Å². The van der Waals surface area contributed by atoms with Crippen LogP contribution < -0.4 is 14.8 Å². The smallest absolute Gasteiger partial charge is 0.248 e. The third-order valence-corrected chi connectivity index (χ3v) is 5.31. The Morgan fingerprint density at radius 1 is 1.09 bits per heavy atom. The summed E-state index contributed by atoms with van der Waals surface area (Å²) in [6.45, 7) is 2.84. The Kier molecular flexibility index (Phi) is 7.57. The van der Waals surface area contributed by atoms with Crippen molar-refractivity contribution in [3.8, 4) is 11.5 Å². The summed E-state index contributed by atoms with van der Waals surface area (Å²) in [7, 11) is 1.61. The molecule has 3 aromatic carbocycles. The molecule has 35 heavy (non-hydrogen) atoms. The number of carbonyl (C=O) groups excluding carboxylic acids is 1. The van der Waals surface area contributed by atoms with Crippen molar-refractivity contribution in [2.45, 2.75) is 20.1 Å². The van der Waals surface area contributed by atoms with E-state index in [1.807, 2.05) is 49.4 Å². The molecule has 0 aliphatic carbocycles. The van der Waals surface area contributed by atoms with E-state index >= 15 is 0 Å². The lowest BCUT2D eigenvalue weighted by molar-refractivity contribution is -0.111. The summed E-state index contributed by atoms with van der Waals surface area (Å²) in [5, 5.41) is 7.04. The van der Waals surface area contributed by atoms with Crippen molar-refractivity contribution in [1.29, 1.82) is 0 Å². The number of benzene rings is 3. The normalized spacial score (nSPS) is 10.9. The van der Waals surface area contributed by atoms with Gasteiger partial charge in [0.25, 0.3) is 0 Å². The van der Waals surface area contributed by atoms with Crippen LogP contribution in [0.2, 0.25) is 0 Å². The van der Waals surface area contributed by atoms with Gasteiger partial charge in [-0.3, -0.25) is 9.48 Å². The first-order valence-electron chi connectivity index (χ1n) is 11.1. The molecular formula is C28H26FN3O3. The Morgan fingerprint density at radius 3 is 2.60 bits per heavy atom. The fourth-order valence-electron chi connectivity index (χ4n) is 3.46. The van der Waals surface area contributed by atoms with Crippen LogP contribution in [0.4, 0.5) is 10.1 Å². The standard InChI is InChI=1S/C28H26FN3O3/c1-20-3-11-26(12-4-20)35-19-23-15-21(7-13-27(23)34-2)8-14-28(33)31-25-16-30-32(18-25)17-22-5-9-24(29)10-6-22/h3-16,18H,17,19H2,1-2H3,(H,31,33)/b14-8+. The molecule has 0 fully saturated rings. The van der Waals surface area contributed by atoms with Gasteiger partial charge < -0.3 is 14.8 Å². The van der Waals surface area contributed by atoms with Crippen LogP contribution in [0.3, 0.4) is 0 Å². The second-order valence-corrected chi connectivity index (χ2v) is 8.05. The highest BCUT2D eigenvalue weighted by Gasteiger charge is 2.07. The molecule has 0 saturated heterocycles. The SMILES string of the molecule is COc1ccc(/C=C/C(=O)Nc2cnn(Cc3ccc(F)cc3)c2)cc1COc1ccc(C)cc1. The summed E-state index contributed by atoms with van der Waals surface area (Å²) in [4.78, 5) is 12.4. The summed E-state index contributed by atoms with van der Waals surface area (Å²) < 4.78 is 26.1. The number of carbonyl (C=O) groups is 1. The highest BCUT2D eigenvalue weighted by Crippen LogP contribution is 2.23. The molecule has 1 heterocycles. The van der Waals surface area contributed by atoms with Gasteiger partial charge in [-0.2, -0.15) is 5.10 Å². The molecule has 0 unspecified atom stereocenters. The molecule has 4 rings (SSSR count). The Balaban J connectivity index is 1.36. The van der Waals surface area contributed by atoms with E-state index in [4.69, 9.17) is 9.47 Å². The Bertz CT molecular complexity index is 1310. The van der Waals surface area contributed by atoms with Crippen molar-refractivity contribution in [3.05, 3.63) is 113 Å². The lowest BCUT2D eigenvalue weighted by Crippen LogP contribution is -2.07. The zero-order valence-electron chi connectivity index (χ0n) is 19.6. The zero-order valence-corrected chi connectivity index (χ0v) is 19.6. The number of aryl methyl sites for hydroxylation is 1. The maximum absolute atomic E-state index is 13.1. The Hall–Kier alpha value is -4.39. The first kappa shape index (κ1) is 23.8. The number of amides is 1. The largest absolute Gasteiger partial charge is 0.496 e. The van der Waals surface area contributed by atoms with Gasteiger partial charge in [-0.05, 0) is 60.5 Å². The molecule has 0 aliphatic rings. The predicted molar refractivity (Wildman–Crippen MR) is 134 cm³/mol. The second-order valence-electron chi connectivity index (χ2n) is 8.05. The molecule has 1 N–H and O–H groups in total. The minimum atomic E-state index is -0.281. The number of nitrogens with one attached hydrogen (secondary N) is 1. The summed E-state index contributed by atoms with van der Waals surface area (Å²) in [6.07, 6.45) is 6.49.